The molecule has 3 rings (SSSR count). The Bertz CT molecular complexity index is 455. The van der Waals surface area contributed by atoms with Gasteiger partial charge in [0.2, 0.25) is 0 Å². The number of nitrogens with zero attached hydrogens (tertiary/aromatic N) is 1. The van der Waals surface area contributed by atoms with Gasteiger partial charge in [-0.1, -0.05) is 34.8 Å². The first-order valence-electron chi connectivity index (χ1n) is 6.70. The maximum absolute atomic E-state index is 6.37. The monoisotopic (exact) mass is 318 g/mol. The second-order valence-electron chi connectivity index (χ2n) is 5.47. The Morgan fingerprint density at radius 2 is 1.58 bits per heavy atom. The maximum atomic E-state index is 6.37. The van der Waals surface area contributed by atoms with Crippen molar-refractivity contribution in [1.29, 1.82) is 0 Å². The van der Waals surface area contributed by atoms with Crippen molar-refractivity contribution in [2.45, 2.75) is 43.8 Å². The van der Waals surface area contributed by atoms with E-state index in [0.717, 1.165) is 18.5 Å². The molecule has 2 aliphatic heterocycles. The third-order valence-corrected chi connectivity index (χ3v) is 5.18. The lowest BCUT2D eigenvalue weighted by atomic mass is 9.96. The van der Waals surface area contributed by atoms with E-state index in [1.807, 2.05) is 7.05 Å². The first kappa shape index (κ1) is 13.8. The van der Waals surface area contributed by atoms with Gasteiger partial charge in [-0.25, -0.2) is 0 Å². The third-order valence-electron chi connectivity index (χ3n) is 4.38. The molecule has 0 spiro atoms. The van der Waals surface area contributed by atoms with Gasteiger partial charge in [0, 0.05) is 23.1 Å². The van der Waals surface area contributed by atoms with Crippen LogP contribution < -0.4 is 10.2 Å². The van der Waals surface area contributed by atoms with E-state index in [2.05, 4.69) is 10.2 Å². The van der Waals surface area contributed by atoms with Crippen molar-refractivity contribution in [3.63, 3.8) is 0 Å². The van der Waals surface area contributed by atoms with E-state index < -0.39 is 0 Å². The predicted octanol–water partition coefficient (Wildman–Crippen LogP) is 4.37. The number of rotatable bonds is 2. The van der Waals surface area contributed by atoms with Crippen molar-refractivity contribution in [3.05, 3.63) is 27.2 Å². The number of hydrogen-bond donors (Lipinski definition) is 1. The SMILES string of the molecule is CNC1CC2CCC(C1)N2c1c(Cl)cc(Cl)cc1Cl. The van der Waals surface area contributed by atoms with Crippen molar-refractivity contribution < 1.29 is 0 Å². The van der Waals surface area contributed by atoms with Gasteiger partial charge >= 0.3 is 0 Å². The molecule has 0 radical (unpaired) electrons. The Hall–Kier alpha value is -0.150. The molecule has 2 aliphatic rings. The molecule has 1 N–H and O–H groups in total. The highest BCUT2D eigenvalue weighted by Gasteiger charge is 2.41. The van der Waals surface area contributed by atoms with Crippen LogP contribution in [-0.2, 0) is 0 Å². The molecule has 2 heterocycles. The van der Waals surface area contributed by atoms with E-state index in [4.69, 9.17) is 34.8 Å². The fourth-order valence-electron chi connectivity index (χ4n) is 3.56. The fourth-order valence-corrected chi connectivity index (χ4v) is 4.57. The average molecular weight is 320 g/mol. The standard InChI is InChI=1S/C14H17Cl3N2/c1-18-9-6-10-2-3-11(7-9)19(10)14-12(16)4-8(15)5-13(14)17/h4-5,9-11,18H,2-3,6-7H2,1H3. The normalized spacial score (nSPS) is 29.9. The zero-order chi connectivity index (χ0) is 13.6. The number of benzene rings is 1. The second-order valence-corrected chi connectivity index (χ2v) is 6.72. The van der Waals surface area contributed by atoms with Gasteiger partial charge in [-0.2, -0.15) is 0 Å². The second kappa shape index (κ2) is 5.33. The van der Waals surface area contributed by atoms with Crippen molar-refractivity contribution in [2.24, 2.45) is 0 Å². The highest BCUT2D eigenvalue weighted by Crippen LogP contribution is 2.45. The summed E-state index contributed by atoms with van der Waals surface area (Å²) < 4.78 is 0. The van der Waals surface area contributed by atoms with Crippen LogP contribution in [0.4, 0.5) is 5.69 Å². The number of piperidine rings is 1. The highest BCUT2D eigenvalue weighted by atomic mass is 35.5. The van der Waals surface area contributed by atoms with E-state index in [9.17, 15) is 0 Å². The Morgan fingerprint density at radius 3 is 2.05 bits per heavy atom. The minimum absolute atomic E-state index is 0.535. The van der Waals surface area contributed by atoms with E-state index in [-0.39, 0.29) is 0 Å². The lowest BCUT2D eigenvalue weighted by Gasteiger charge is -2.41. The molecular weight excluding hydrogens is 303 g/mol. The summed E-state index contributed by atoms with van der Waals surface area (Å²) in [6.45, 7) is 0. The van der Waals surface area contributed by atoms with Gasteiger partial charge in [-0.3, -0.25) is 0 Å². The molecule has 1 aromatic carbocycles. The summed E-state index contributed by atoms with van der Waals surface area (Å²) >= 11 is 18.7. The molecule has 104 valence electrons. The van der Waals surface area contributed by atoms with Gasteiger partial charge in [0.15, 0.2) is 0 Å². The van der Waals surface area contributed by atoms with Crippen LogP contribution in [0.15, 0.2) is 12.1 Å². The molecule has 0 amide bonds. The van der Waals surface area contributed by atoms with Crippen LogP contribution in [0.2, 0.25) is 15.1 Å². The zero-order valence-corrected chi connectivity index (χ0v) is 13.1. The topological polar surface area (TPSA) is 15.3 Å². The average Bonchev–Trinajstić information content (AvgIpc) is 2.60. The first-order valence-corrected chi connectivity index (χ1v) is 7.83. The molecule has 2 saturated heterocycles. The summed E-state index contributed by atoms with van der Waals surface area (Å²) in [6, 6.07) is 5.25. The largest absolute Gasteiger partial charge is 0.363 e. The summed E-state index contributed by atoms with van der Waals surface area (Å²) in [5.41, 5.74) is 0.967. The van der Waals surface area contributed by atoms with Gasteiger partial charge in [-0.05, 0) is 44.9 Å². The van der Waals surface area contributed by atoms with E-state index in [1.54, 1.807) is 12.1 Å². The van der Waals surface area contributed by atoms with Crippen molar-refractivity contribution in [3.8, 4) is 0 Å². The molecule has 2 unspecified atom stereocenters. The zero-order valence-electron chi connectivity index (χ0n) is 10.8. The number of nitrogens with one attached hydrogen (secondary N) is 1. The number of hydrogen-bond acceptors (Lipinski definition) is 2. The van der Waals surface area contributed by atoms with Crippen molar-refractivity contribution >= 4 is 40.5 Å². The number of halogens is 3. The number of anilines is 1. The Labute approximate surface area is 129 Å². The quantitative estimate of drug-likeness (QED) is 0.871. The highest BCUT2D eigenvalue weighted by molar-refractivity contribution is 6.41. The predicted molar refractivity (Wildman–Crippen MR) is 82.8 cm³/mol. The van der Waals surface area contributed by atoms with E-state index >= 15 is 0 Å². The van der Waals surface area contributed by atoms with Crippen molar-refractivity contribution in [1.82, 2.24) is 5.32 Å². The van der Waals surface area contributed by atoms with Crippen LogP contribution >= 0.6 is 34.8 Å². The summed E-state index contributed by atoms with van der Waals surface area (Å²) in [5, 5.41) is 5.32. The van der Waals surface area contributed by atoms with Gasteiger partial charge in [0.25, 0.3) is 0 Å². The van der Waals surface area contributed by atoms with Crippen LogP contribution in [0.1, 0.15) is 25.7 Å². The molecule has 0 aliphatic carbocycles. The molecule has 0 saturated carbocycles. The molecular formula is C14H17Cl3N2. The fraction of sp³-hybridized carbons (Fsp3) is 0.571. The lowest BCUT2D eigenvalue weighted by molar-refractivity contribution is 0.374. The van der Waals surface area contributed by atoms with Crippen molar-refractivity contribution in [2.75, 3.05) is 11.9 Å². The summed E-state index contributed by atoms with van der Waals surface area (Å²) in [6.07, 6.45) is 4.75. The minimum atomic E-state index is 0.535. The smallest absolute Gasteiger partial charge is 0.0751 e. The van der Waals surface area contributed by atoms with Gasteiger partial charge in [-0.15, -0.1) is 0 Å². The lowest BCUT2D eigenvalue weighted by Crippen LogP contribution is -2.48. The molecule has 1 aromatic rings. The Balaban J connectivity index is 1.96. The molecule has 2 atom stereocenters. The Morgan fingerprint density at radius 1 is 1.05 bits per heavy atom. The van der Waals surface area contributed by atoms with Gasteiger partial charge in [0.05, 0.1) is 15.7 Å². The van der Waals surface area contributed by atoms with Crippen LogP contribution in [0.25, 0.3) is 0 Å². The first-order chi connectivity index (χ1) is 9.10. The van der Waals surface area contributed by atoms with E-state index in [0.29, 0.717) is 33.2 Å². The molecule has 0 aromatic heterocycles. The molecule has 19 heavy (non-hydrogen) atoms. The summed E-state index contributed by atoms with van der Waals surface area (Å²) in [4.78, 5) is 2.43. The van der Waals surface area contributed by atoms with E-state index in [1.165, 1.54) is 12.8 Å². The molecule has 2 nitrogen and oxygen atoms in total. The van der Waals surface area contributed by atoms with Crippen LogP contribution in [-0.4, -0.2) is 25.2 Å². The van der Waals surface area contributed by atoms with Gasteiger partial charge < -0.3 is 10.2 Å². The minimum Gasteiger partial charge on any atom is -0.363 e. The number of fused-ring (bicyclic) bond motifs is 2. The van der Waals surface area contributed by atoms with Crippen LogP contribution in [0, 0.1) is 0 Å². The Kier molecular flexibility index (Phi) is 3.87. The summed E-state index contributed by atoms with van der Waals surface area (Å²) in [5.74, 6) is 0. The molecule has 2 bridgehead atoms. The molecule has 5 heteroatoms. The van der Waals surface area contributed by atoms with Crippen LogP contribution in [0.5, 0.6) is 0 Å². The molecule has 2 fully saturated rings. The summed E-state index contributed by atoms with van der Waals surface area (Å²) in [7, 11) is 2.04. The van der Waals surface area contributed by atoms with Crippen LogP contribution in [0.3, 0.4) is 0 Å². The third kappa shape index (κ3) is 2.44. The van der Waals surface area contributed by atoms with Gasteiger partial charge in [0.1, 0.15) is 0 Å². The maximum Gasteiger partial charge on any atom is 0.0751 e.